The summed E-state index contributed by atoms with van der Waals surface area (Å²) < 4.78 is 35.2. The van der Waals surface area contributed by atoms with Crippen LogP contribution in [-0.2, 0) is 24.3 Å². The van der Waals surface area contributed by atoms with E-state index in [9.17, 15) is 8.60 Å². The molecule has 27 heavy (non-hydrogen) atoms. The topological polar surface area (TPSA) is 43.3 Å². The molecule has 2 bridgehead atoms. The Bertz CT molecular complexity index is 1090. The largest absolute Gasteiger partial charge is 0.495 e. The predicted octanol–water partition coefficient (Wildman–Crippen LogP) is 3.84. The lowest BCUT2D eigenvalue weighted by atomic mass is 9.99. The van der Waals surface area contributed by atoms with Gasteiger partial charge in [-0.25, -0.2) is 8.60 Å². The van der Waals surface area contributed by atoms with Gasteiger partial charge in [-0.1, -0.05) is 12.1 Å². The minimum absolute atomic E-state index is 0.197. The molecule has 1 aromatic heterocycles. The Labute approximate surface area is 159 Å². The molecule has 2 aliphatic rings. The number of nitrogens with zero attached hydrogens (tertiary/aromatic N) is 1. The molecule has 0 saturated carbocycles. The molecule has 3 atom stereocenters. The number of methoxy groups -OCH3 is 1. The maximum atomic E-state index is 14.2. The highest BCUT2D eigenvalue weighted by Crippen LogP contribution is 2.44. The van der Waals surface area contributed by atoms with Gasteiger partial charge in [0.25, 0.3) is 0 Å². The zero-order chi connectivity index (χ0) is 18.7. The number of nitrogens with one attached hydrogen (secondary N) is 1. The Hall–Kier alpha value is -2.18. The first-order chi connectivity index (χ1) is 13.1. The number of halogens is 1. The van der Waals surface area contributed by atoms with Crippen LogP contribution in [0, 0.1) is 5.82 Å². The van der Waals surface area contributed by atoms with Gasteiger partial charge in [-0.05, 0) is 42.7 Å². The molecular formula is C21H21FN2O2S. The fourth-order valence-electron chi connectivity index (χ4n) is 4.67. The fourth-order valence-corrected chi connectivity index (χ4v) is 5.81. The molecule has 3 heterocycles. The average Bonchev–Trinajstić information content (AvgIpc) is 3.20. The third kappa shape index (κ3) is 2.47. The van der Waals surface area contributed by atoms with Crippen molar-refractivity contribution in [2.45, 2.75) is 41.1 Å². The van der Waals surface area contributed by atoms with E-state index in [2.05, 4.69) is 16.9 Å². The highest BCUT2D eigenvalue weighted by Gasteiger charge is 2.36. The van der Waals surface area contributed by atoms with E-state index in [0.717, 1.165) is 23.7 Å². The number of aryl methyl sites for hydroxylation is 1. The molecule has 2 aliphatic heterocycles. The molecule has 5 rings (SSSR count). The second-order valence-electron chi connectivity index (χ2n) is 7.34. The fraction of sp³-hybridized carbons (Fsp3) is 0.333. The minimum Gasteiger partial charge on any atom is -0.495 e. The Morgan fingerprint density at radius 2 is 2.07 bits per heavy atom. The maximum Gasteiger partial charge on any atom is 0.144 e. The zero-order valence-corrected chi connectivity index (χ0v) is 16.1. The van der Waals surface area contributed by atoms with Gasteiger partial charge in [0.05, 0.1) is 28.3 Å². The van der Waals surface area contributed by atoms with Crippen LogP contribution in [0.3, 0.4) is 0 Å². The van der Waals surface area contributed by atoms with Crippen LogP contribution in [0.25, 0.3) is 10.9 Å². The normalized spacial score (nSPS) is 22.0. The van der Waals surface area contributed by atoms with Crippen LogP contribution >= 0.6 is 0 Å². The van der Waals surface area contributed by atoms with Gasteiger partial charge in [0.15, 0.2) is 0 Å². The van der Waals surface area contributed by atoms with Crippen molar-refractivity contribution in [2.75, 3.05) is 7.11 Å². The number of ether oxygens (including phenoxy) is 1. The highest BCUT2D eigenvalue weighted by atomic mass is 32.2. The van der Waals surface area contributed by atoms with Gasteiger partial charge in [0.2, 0.25) is 0 Å². The van der Waals surface area contributed by atoms with Crippen molar-refractivity contribution in [3.05, 3.63) is 53.5 Å². The van der Waals surface area contributed by atoms with Crippen LogP contribution in [0.15, 0.2) is 46.2 Å². The lowest BCUT2D eigenvalue weighted by Gasteiger charge is -2.23. The van der Waals surface area contributed by atoms with E-state index in [1.165, 1.54) is 23.7 Å². The molecule has 1 saturated heterocycles. The van der Waals surface area contributed by atoms with Gasteiger partial charge in [-0.15, -0.1) is 0 Å². The van der Waals surface area contributed by atoms with Gasteiger partial charge >= 0.3 is 0 Å². The summed E-state index contributed by atoms with van der Waals surface area (Å²) in [6.45, 7) is 0. The molecule has 1 fully saturated rings. The zero-order valence-electron chi connectivity index (χ0n) is 15.3. The SMILES string of the molecule is COc1cc(S(=O)c2ccccc2F)cc2c3c(n(C)c12)CC1CCC3N1. The van der Waals surface area contributed by atoms with E-state index in [-0.39, 0.29) is 4.90 Å². The molecule has 0 aliphatic carbocycles. The third-order valence-corrected chi connectivity index (χ3v) is 7.28. The lowest BCUT2D eigenvalue weighted by molar-refractivity contribution is 0.416. The second-order valence-corrected chi connectivity index (χ2v) is 8.79. The Morgan fingerprint density at radius 1 is 1.26 bits per heavy atom. The van der Waals surface area contributed by atoms with Gasteiger partial charge in [0, 0.05) is 41.5 Å². The Kier molecular flexibility index (Phi) is 3.88. The molecule has 3 unspecified atom stereocenters. The quantitative estimate of drug-likeness (QED) is 0.746. The molecule has 0 radical (unpaired) electrons. The van der Waals surface area contributed by atoms with Crippen molar-refractivity contribution in [3.63, 3.8) is 0 Å². The first-order valence-electron chi connectivity index (χ1n) is 9.20. The molecule has 0 spiro atoms. The molecule has 4 nitrogen and oxygen atoms in total. The molecule has 2 aromatic carbocycles. The van der Waals surface area contributed by atoms with Crippen molar-refractivity contribution in [1.82, 2.24) is 9.88 Å². The summed E-state index contributed by atoms with van der Waals surface area (Å²) in [7, 11) is 2.09. The van der Waals surface area contributed by atoms with E-state index >= 15 is 0 Å². The summed E-state index contributed by atoms with van der Waals surface area (Å²) in [4.78, 5) is 0.765. The second kappa shape index (κ2) is 6.17. The van der Waals surface area contributed by atoms with Gasteiger partial charge < -0.3 is 14.6 Å². The van der Waals surface area contributed by atoms with E-state index < -0.39 is 16.6 Å². The molecule has 140 valence electrons. The van der Waals surface area contributed by atoms with Crippen LogP contribution in [-0.4, -0.2) is 21.9 Å². The average molecular weight is 384 g/mol. The number of rotatable bonds is 3. The summed E-state index contributed by atoms with van der Waals surface area (Å²) >= 11 is 0. The molecule has 0 amide bonds. The number of aromatic nitrogens is 1. The summed E-state index contributed by atoms with van der Waals surface area (Å²) in [6.07, 6.45) is 3.28. The van der Waals surface area contributed by atoms with Crippen LogP contribution in [0.4, 0.5) is 4.39 Å². The van der Waals surface area contributed by atoms with E-state index in [1.54, 1.807) is 31.4 Å². The van der Waals surface area contributed by atoms with Gasteiger partial charge in [-0.2, -0.15) is 0 Å². The first kappa shape index (κ1) is 17.0. The van der Waals surface area contributed by atoms with Crippen LogP contribution in [0.2, 0.25) is 0 Å². The summed E-state index contributed by atoms with van der Waals surface area (Å²) in [6, 6.07) is 10.8. The van der Waals surface area contributed by atoms with Crippen molar-refractivity contribution in [3.8, 4) is 5.75 Å². The number of fused-ring (bicyclic) bond motifs is 6. The van der Waals surface area contributed by atoms with E-state index in [4.69, 9.17) is 4.74 Å². The predicted molar refractivity (Wildman–Crippen MR) is 103 cm³/mol. The van der Waals surface area contributed by atoms with E-state index in [0.29, 0.717) is 22.7 Å². The Morgan fingerprint density at radius 3 is 2.85 bits per heavy atom. The molecular weight excluding hydrogens is 363 g/mol. The van der Waals surface area contributed by atoms with Crippen molar-refractivity contribution in [1.29, 1.82) is 0 Å². The lowest BCUT2D eigenvalue weighted by Crippen LogP contribution is -2.32. The molecule has 3 aromatic rings. The van der Waals surface area contributed by atoms with Gasteiger partial charge in [0.1, 0.15) is 11.6 Å². The number of hydrogen-bond donors (Lipinski definition) is 1. The van der Waals surface area contributed by atoms with E-state index in [1.807, 2.05) is 6.07 Å². The maximum absolute atomic E-state index is 14.2. The molecule has 1 N–H and O–H groups in total. The summed E-state index contributed by atoms with van der Waals surface area (Å²) in [5.41, 5.74) is 3.63. The van der Waals surface area contributed by atoms with Crippen LogP contribution < -0.4 is 10.1 Å². The van der Waals surface area contributed by atoms with Crippen molar-refractivity contribution < 1.29 is 13.3 Å². The smallest absolute Gasteiger partial charge is 0.144 e. The first-order valence-corrected chi connectivity index (χ1v) is 10.3. The van der Waals surface area contributed by atoms with Crippen LogP contribution in [0.5, 0.6) is 5.75 Å². The number of benzene rings is 2. The molecule has 6 heteroatoms. The monoisotopic (exact) mass is 384 g/mol. The van der Waals surface area contributed by atoms with Gasteiger partial charge in [-0.3, -0.25) is 0 Å². The minimum atomic E-state index is -1.61. The van der Waals surface area contributed by atoms with Crippen molar-refractivity contribution in [2.24, 2.45) is 7.05 Å². The number of hydrogen-bond acceptors (Lipinski definition) is 3. The standard InChI is InChI=1S/C21H21FN2O2S/c1-24-17-9-12-7-8-16(23-12)20(17)14-10-13(11-18(26-2)21(14)24)27(25)19-6-4-3-5-15(19)22/h3-6,10-12,16,23H,7-9H2,1-2H3. The summed E-state index contributed by atoms with van der Waals surface area (Å²) in [5.74, 6) is 0.227. The summed E-state index contributed by atoms with van der Waals surface area (Å²) in [5, 5.41) is 4.75. The van der Waals surface area contributed by atoms with Crippen LogP contribution in [0.1, 0.15) is 30.1 Å². The third-order valence-electron chi connectivity index (χ3n) is 5.89. The van der Waals surface area contributed by atoms with Crippen molar-refractivity contribution >= 4 is 21.7 Å². The highest BCUT2D eigenvalue weighted by molar-refractivity contribution is 7.85. The Balaban J connectivity index is 1.74.